The van der Waals surface area contributed by atoms with Crippen molar-refractivity contribution in [3.8, 4) is 0 Å². The maximum absolute atomic E-state index is 6.12. The van der Waals surface area contributed by atoms with E-state index in [2.05, 4.69) is 44.3 Å². The van der Waals surface area contributed by atoms with Gasteiger partial charge in [-0.25, -0.2) is 15.5 Å². The highest BCUT2D eigenvalue weighted by molar-refractivity contribution is 8.16. The van der Waals surface area contributed by atoms with Crippen LogP contribution in [0.3, 0.4) is 0 Å². The smallest absolute Gasteiger partial charge is 0.238 e. The number of hydrazine groups is 2. The minimum atomic E-state index is -0.873. The van der Waals surface area contributed by atoms with E-state index in [0.29, 0.717) is 25.6 Å². The SMILES string of the molecule is C1=CONC(C2N(N3CC=CN3)C(C3=NCCS3)=NC2(C2=NCCO2)N2C=CCC2)=C1. The molecule has 0 amide bonds. The van der Waals surface area contributed by atoms with E-state index in [1.54, 1.807) is 18.0 Å². The number of thioether (sulfide) groups is 1. The molecule has 0 aliphatic carbocycles. The zero-order valence-corrected chi connectivity index (χ0v) is 17.8. The number of allylic oxidation sites excluding steroid dienone is 2. The van der Waals surface area contributed by atoms with E-state index in [1.807, 2.05) is 18.4 Å². The lowest BCUT2D eigenvalue weighted by atomic mass is 9.95. The topological polar surface area (TPSA) is 89.3 Å². The Kier molecular flexibility index (Phi) is 4.64. The Labute approximate surface area is 184 Å². The maximum Gasteiger partial charge on any atom is 0.238 e. The first-order chi connectivity index (χ1) is 15.4. The summed E-state index contributed by atoms with van der Waals surface area (Å²) in [7, 11) is 0. The average Bonchev–Trinajstić information content (AvgIpc) is 3.64. The summed E-state index contributed by atoms with van der Waals surface area (Å²) in [5, 5.41) is 5.17. The molecule has 10 nitrogen and oxygen atoms in total. The Balaban J connectivity index is 1.56. The number of amidine groups is 1. The number of aliphatic imine (C=N–C) groups is 3. The van der Waals surface area contributed by atoms with E-state index < -0.39 is 5.66 Å². The standard InChI is InChI=1S/C20H24N8O2S/c1-2-10-26(9-1)20(19-22-7-13-29-19)16(15-5-3-12-30-25-15)28(27-11-4-6-23-27)17(24-20)18-21-8-14-31-18/h1,3-6,9,12,16,23,25H,2,7-8,10-11,13-14H2. The molecule has 2 atom stereocenters. The van der Waals surface area contributed by atoms with Crippen molar-refractivity contribution in [1.82, 2.24) is 25.9 Å². The van der Waals surface area contributed by atoms with Crippen molar-refractivity contribution >= 4 is 28.5 Å². The summed E-state index contributed by atoms with van der Waals surface area (Å²) >= 11 is 1.74. The molecule has 11 heteroatoms. The van der Waals surface area contributed by atoms with Crippen LogP contribution in [0, 0.1) is 0 Å². The number of ether oxygens (including phenoxy) is 1. The van der Waals surface area contributed by atoms with Gasteiger partial charge in [0.25, 0.3) is 0 Å². The van der Waals surface area contributed by atoms with Gasteiger partial charge in [-0.05, 0) is 30.8 Å². The van der Waals surface area contributed by atoms with Crippen molar-refractivity contribution < 1.29 is 9.57 Å². The molecule has 6 rings (SSSR count). The predicted octanol–water partition coefficient (Wildman–Crippen LogP) is 0.740. The molecule has 6 aliphatic heterocycles. The summed E-state index contributed by atoms with van der Waals surface area (Å²) in [4.78, 5) is 22.7. The fourth-order valence-electron chi connectivity index (χ4n) is 4.59. The van der Waals surface area contributed by atoms with E-state index in [1.165, 1.54) is 0 Å². The van der Waals surface area contributed by atoms with Gasteiger partial charge in [-0.15, -0.1) is 16.9 Å². The van der Waals surface area contributed by atoms with Crippen LogP contribution in [-0.2, 0) is 9.57 Å². The highest BCUT2D eigenvalue weighted by Crippen LogP contribution is 2.42. The molecule has 0 aromatic heterocycles. The minimum Gasteiger partial charge on any atom is -0.476 e. The molecule has 0 fully saturated rings. The molecule has 0 aromatic carbocycles. The molecule has 6 heterocycles. The van der Waals surface area contributed by atoms with Crippen LogP contribution in [0.4, 0.5) is 0 Å². The summed E-state index contributed by atoms with van der Waals surface area (Å²) in [5.74, 6) is 2.41. The van der Waals surface area contributed by atoms with Crippen molar-refractivity contribution in [2.45, 2.75) is 18.1 Å². The number of hydroxylamine groups is 1. The molecular weight excluding hydrogens is 416 g/mol. The van der Waals surface area contributed by atoms with Crippen molar-refractivity contribution in [3.63, 3.8) is 0 Å². The van der Waals surface area contributed by atoms with E-state index in [9.17, 15) is 0 Å². The molecule has 31 heavy (non-hydrogen) atoms. The number of hydrogen-bond donors (Lipinski definition) is 2. The lowest BCUT2D eigenvalue weighted by Gasteiger charge is -2.45. The van der Waals surface area contributed by atoms with Gasteiger partial charge in [0.15, 0.2) is 5.84 Å². The second kappa shape index (κ2) is 7.65. The Morgan fingerprint density at radius 3 is 2.90 bits per heavy atom. The zero-order chi connectivity index (χ0) is 20.7. The predicted molar refractivity (Wildman–Crippen MR) is 120 cm³/mol. The highest BCUT2D eigenvalue weighted by Gasteiger charge is 2.62. The van der Waals surface area contributed by atoms with Crippen molar-refractivity contribution in [1.29, 1.82) is 0 Å². The minimum absolute atomic E-state index is 0.302. The second-order valence-corrected chi connectivity index (χ2v) is 8.71. The van der Waals surface area contributed by atoms with Crippen molar-refractivity contribution in [3.05, 3.63) is 48.7 Å². The lowest BCUT2D eigenvalue weighted by Crippen LogP contribution is -2.66. The molecule has 6 aliphatic rings. The van der Waals surface area contributed by atoms with Crippen LogP contribution in [-0.4, -0.2) is 82.0 Å². The molecule has 2 unspecified atom stereocenters. The van der Waals surface area contributed by atoms with Gasteiger partial charge < -0.3 is 19.9 Å². The fraction of sp³-hybridized carbons (Fsp3) is 0.450. The van der Waals surface area contributed by atoms with Gasteiger partial charge >= 0.3 is 0 Å². The third-order valence-electron chi connectivity index (χ3n) is 5.83. The van der Waals surface area contributed by atoms with Gasteiger partial charge in [-0.3, -0.25) is 10.0 Å². The van der Waals surface area contributed by atoms with E-state index in [-0.39, 0.29) is 6.04 Å². The van der Waals surface area contributed by atoms with Gasteiger partial charge in [-0.1, -0.05) is 6.08 Å². The van der Waals surface area contributed by atoms with Crippen LogP contribution >= 0.6 is 11.8 Å². The molecule has 0 radical (unpaired) electrons. The Morgan fingerprint density at radius 1 is 1.23 bits per heavy atom. The first kappa shape index (κ1) is 18.8. The summed E-state index contributed by atoms with van der Waals surface area (Å²) in [6, 6.07) is -0.302. The quantitative estimate of drug-likeness (QED) is 0.647. The highest BCUT2D eigenvalue weighted by atomic mass is 32.2. The summed E-state index contributed by atoms with van der Waals surface area (Å²) < 4.78 is 6.12. The van der Waals surface area contributed by atoms with Crippen LogP contribution in [0.1, 0.15) is 6.42 Å². The maximum atomic E-state index is 6.12. The Bertz CT molecular complexity index is 962. The average molecular weight is 441 g/mol. The van der Waals surface area contributed by atoms with E-state index in [0.717, 1.165) is 41.8 Å². The van der Waals surface area contributed by atoms with Crippen LogP contribution in [0.25, 0.3) is 0 Å². The molecule has 0 bridgehead atoms. The normalized spacial score (nSPS) is 31.8. The molecule has 0 saturated heterocycles. The second-order valence-electron chi connectivity index (χ2n) is 7.63. The van der Waals surface area contributed by atoms with Crippen LogP contribution in [0.2, 0.25) is 0 Å². The van der Waals surface area contributed by atoms with Gasteiger partial charge in [0.1, 0.15) is 24.0 Å². The van der Waals surface area contributed by atoms with E-state index in [4.69, 9.17) is 24.6 Å². The van der Waals surface area contributed by atoms with Crippen LogP contribution in [0.5, 0.6) is 0 Å². The molecule has 0 spiro atoms. The molecule has 162 valence electrons. The molecule has 2 N–H and O–H groups in total. The van der Waals surface area contributed by atoms with Crippen molar-refractivity contribution in [2.75, 3.05) is 38.5 Å². The van der Waals surface area contributed by atoms with Gasteiger partial charge in [0.2, 0.25) is 11.6 Å². The Hall–Kier alpha value is -2.92. The number of nitrogens with one attached hydrogen (secondary N) is 2. The van der Waals surface area contributed by atoms with Crippen LogP contribution < -0.4 is 10.9 Å². The molecule has 0 saturated carbocycles. The monoisotopic (exact) mass is 440 g/mol. The van der Waals surface area contributed by atoms with E-state index >= 15 is 0 Å². The molecule has 0 aromatic rings. The third-order valence-corrected chi connectivity index (χ3v) is 6.80. The number of hydrogen-bond acceptors (Lipinski definition) is 11. The molecular formula is C20H24N8O2S. The zero-order valence-electron chi connectivity index (χ0n) is 17.0. The van der Waals surface area contributed by atoms with Gasteiger partial charge in [0.05, 0.1) is 18.8 Å². The first-order valence-electron chi connectivity index (χ1n) is 10.5. The first-order valence-corrected chi connectivity index (χ1v) is 11.5. The van der Waals surface area contributed by atoms with Gasteiger partial charge in [0, 0.05) is 25.0 Å². The summed E-state index contributed by atoms with van der Waals surface area (Å²) in [6.45, 7) is 3.53. The van der Waals surface area contributed by atoms with Crippen molar-refractivity contribution in [2.24, 2.45) is 15.0 Å². The largest absolute Gasteiger partial charge is 0.476 e. The third kappa shape index (κ3) is 2.94. The number of nitrogens with zero attached hydrogens (tertiary/aromatic N) is 6. The lowest BCUT2D eigenvalue weighted by molar-refractivity contribution is -0.0249. The summed E-state index contributed by atoms with van der Waals surface area (Å²) in [6.07, 6.45) is 14.8. The Morgan fingerprint density at radius 2 is 2.23 bits per heavy atom. The van der Waals surface area contributed by atoms with Gasteiger partial charge in [-0.2, -0.15) is 0 Å². The van der Waals surface area contributed by atoms with Crippen LogP contribution in [0.15, 0.2) is 63.6 Å². The fourth-order valence-corrected chi connectivity index (χ4v) is 5.41. The number of rotatable bonds is 5. The summed E-state index contributed by atoms with van der Waals surface area (Å²) in [5.41, 5.74) is 6.45.